The van der Waals surface area contributed by atoms with E-state index in [9.17, 15) is 23.9 Å². The SMILES string of the molecule is Cc1cc(-c2cccc(C)c2/C=C/[C@H](C[C@H](CC(=O)O)OC(=O)CN(C)C)OC(=O)CN(C)C)cc(C)c1F. The zero-order valence-corrected chi connectivity index (χ0v) is 23.8. The van der Waals surface area contributed by atoms with Gasteiger partial charge in [0.05, 0.1) is 19.5 Å². The Morgan fingerprint density at radius 3 is 2.03 bits per heavy atom. The molecule has 0 aliphatic rings. The Bertz CT molecular complexity index is 1180. The molecule has 212 valence electrons. The lowest BCUT2D eigenvalue weighted by Crippen LogP contribution is -2.33. The molecule has 0 spiro atoms. The third-order valence-electron chi connectivity index (χ3n) is 5.92. The number of carboxylic acid groups (broad SMARTS) is 1. The van der Waals surface area contributed by atoms with E-state index >= 15 is 0 Å². The van der Waals surface area contributed by atoms with Crippen molar-refractivity contribution in [1.29, 1.82) is 0 Å². The maximum absolute atomic E-state index is 14.3. The van der Waals surface area contributed by atoms with E-state index in [0.29, 0.717) is 11.1 Å². The number of ether oxygens (including phenoxy) is 2. The molecule has 0 saturated carbocycles. The summed E-state index contributed by atoms with van der Waals surface area (Å²) in [7, 11) is 6.86. The van der Waals surface area contributed by atoms with Crippen molar-refractivity contribution in [2.24, 2.45) is 0 Å². The number of likely N-dealkylation sites (N-methyl/N-ethyl adjacent to an activating group) is 2. The summed E-state index contributed by atoms with van der Waals surface area (Å²) < 4.78 is 25.4. The quantitative estimate of drug-likeness (QED) is 0.376. The van der Waals surface area contributed by atoms with Gasteiger partial charge in [0.25, 0.3) is 0 Å². The molecular formula is C30H39FN2O6. The van der Waals surface area contributed by atoms with E-state index < -0.39 is 36.5 Å². The van der Waals surface area contributed by atoms with E-state index in [1.165, 1.54) is 0 Å². The number of carboxylic acids is 1. The Balaban J connectivity index is 2.45. The zero-order chi connectivity index (χ0) is 29.3. The molecule has 39 heavy (non-hydrogen) atoms. The summed E-state index contributed by atoms with van der Waals surface area (Å²) in [5.41, 5.74) is 4.57. The van der Waals surface area contributed by atoms with E-state index in [-0.39, 0.29) is 25.3 Å². The molecule has 0 aromatic heterocycles. The molecule has 2 atom stereocenters. The van der Waals surface area contributed by atoms with Crippen LogP contribution >= 0.6 is 0 Å². The first-order valence-corrected chi connectivity index (χ1v) is 12.7. The summed E-state index contributed by atoms with van der Waals surface area (Å²) in [5.74, 6) is -2.46. The van der Waals surface area contributed by atoms with Gasteiger partial charge in [0.15, 0.2) is 0 Å². The maximum Gasteiger partial charge on any atom is 0.320 e. The molecule has 0 amide bonds. The number of nitrogens with zero attached hydrogens (tertiary/aromatic N) is 2. The molecule has 8 nitrogen and oxygen atoms in total. The van der Waals surface area contributed by atoms with Gasteiger partial charge < -0.3 is 14.6 Å². The van der Waals surface area contributed by atoms with Crippen LogP contribution in [0.4, 0.5) is 4.39 Å². The van der Waals surface area contributed by atoms with E-state index in [2.05, 4.69) is 0 Å². The number of benzene rings is 2. The summed E-state index contributed by atoms with van der Waals surface area (Å²) in [5, 5.41) is 9.40. The minimum absolute atomic E-state index is 0.0138. The topological polar surface area (TPSA) is 96.4 Å². The Morgan fingerprint density at radius 1 is 0.923 bits per heavy atom. The molecule has 2 aromatic carbocycles. The van der Waals surface area contributed by atoms with E-state index in [4.69, 9.17) is 9.47 Å². The molecule has 0 aliphatic carbocycles. The number of hydrogen-bond donors (Lipinski definition) is 1. The molecule has 2 aromatic rings. The van der Waals surface area contributed by atoms with Crippen molar-refractivity contribution in [3.05, 3.63) is 64.5 Å². The number of esters is 2. The summed E-state index contributed by atoms with van der Waals surface area (Å²) in [6.45, 7) is 5.39. The molecule has 0 radical (unpaired) electrons. The summed E-state index contributed by atoms with van der Waals surface area (Å²) in [6, 6.07) is 9.36. The van der Waals surface area contributed by atoms with Crippen LogP contribution in [-0.2, 0) is 23.9 Å². The molecule has 0 aliphatic heterocycles. The largest absolute Gasteiger partial charge is 0.481 e. The highest BCUT2D eigenvalue weighted by Crippen LogP contribution is 2.30. The average molecular weight is 543 g/mol. The van der Waals surface area contributed by atoms with Crippen molar-refractivity contribution >= 4 is 24.0 Å². The lowest BCUT2D eigenvalue weighted by Gasteiger charge is -2.23. The van der Waals surface area contributed by atoms with Crippen LogP contribution in [0.25, 0.3) is 17.2 Å². The van der Waals surface area contributed by atoms with Crippen LogP contribution in [0.2, 0.25) is 0 Å². The standard InChI is InChI=1S/C30H39FN2O6/c1-19-9-8-10-26(22-13-20(2)30(31)21(3)14-22)25(19)12-11-23(38-28(36)17-32(4)5)15-24(16-27(34)35)39-29(37)18-33(6)7/h8-14,23-24H,15-18H2,1-7H3,(H,34,35)/b12-11+/t23-,24-/m1/s1. The van der Waals surface area contributed by atoms with E-state index in [0.717, 1.165) is 22.3 Å². The van der Waals surface area contributed by atoms with Gasteiger partial charge in [-0.25, -0.2) is 4.39 Å². The van der Waals surface area contributed by atoms with E-state index in [1.807, 2.05) is 31.2 Å². The summed E-state index contributed by atoms with van der Waals surface area (Å²) in [4.78, 5) is 39.6. The van der Waals surface area contributed by atoms with Crippen LogP contribution in [0.5, 0.6) is 0 Å². The fourth-order valence-corrected chi connectivity index (χ4v) is 4.20. The Kier molecular flexibility index (Phi) is 11.8. The van der Waals surface area contributed by atoms with Crippen LogP contribution in [0.1, 0.15) is 35.1 Å². The molecule has 1 N–H and O–H groups in total. The number of hydrogen-bond acceptors (Lipinski definition) is 7. The number of halogens is 1. The molecule has 0 fully saturated rings. The van der Waals surface area contributed by atoms with Crippen LogP contribution in [0.15, 0.2) is 36.4 Å². The van der Waals surface area contributed by atoms with Crippen LogP contribution in [0.3, 0.4) is 0 Å². The minimum Gasteiger partial charge on any atom is -0.481 e. The minimum atomic E-state index is -1.14. The fraction of sp³-hybridized carbons (Fsp3) is 0.433. The highest BCUT2D eigenvalue weighted by molar-refractivity contribution is 5.78. The number of aryl methyl sites for hydroxylation is 3. The normalized spacial score (nSPS) is 13.1. The number of carbonyl (C=O) groups excluding carboxylic acids is 2. The van der Waals surface area contributed by atoms with Gasteiger partial charge in [-0.2, -0.15) is 0 Å². The second-order valence-corrected chi connectivity index (χ2v) is 10.3. The van der Waals surface area contributed by atoms with Gasteiger partial charge >= 0.3 is 17.9 Å². The summed E-state index contributed by atoms with van der Waals surface area (Å²) >= 11 is 0. The number of carbonyl (C=O) groups is 3. The van der Waals surface area contributed by atoms with Gasteiger partial charge in [0.1, 0.15) is 18.0 Å². The predicted octanol–water partition coefficient (Wildman–Crippen LogP) is 4.24. The first-order valence-electron chi connectivity index (χ1n) is 12.7. The van der Waals surface area contributed by atoms with Gasteiger partial charge in [0, 0.05) is 6.42 Å². The van der Waals surface area contributed by atoms with Crippen molar-refractivity contribution in [3.8, 4) is 11.1 Å². The highest BCUT2D eigenvalue weighted by Gasteiger charge is 2.25. The Morgan fingerprint density at radius 2 is 1.49 bits per heavy atom. The van der Waals surface area contributed by atoms with Crippen molar-refractivity contribution in [1.82, 2.24) is 9.80 Å². The fourth-order valence-electron chi connectivity index (χ4n) is 4.20. The third-order valence-corrected chi connectivity index (χ3v) is 5.92. The van der Waals surface area contributed by atoms with Crippen LogP contribution < -0.4 is 0 Å². The smallest absolute Gasteiger partial charge is 0.320 e. The van der Waals surface area contributed by atoms with Gasteiger partial charge in [0.2, 0.25) is 0 Å². The number of aliphatic carboxylic acids is 1. The Hall–Kier alpha value is -3.56. The monoisotopic (exact) mass is 542 g/mol. The lowest BCUT2D eigenvalue weighted by atomic mass is 9.93. The average Bonchev–Trinajstić information content (AvgIpc) is 2.79. The highest BCUT2D eigenvalue weighted by atomic mass is 19.1. The lowest BCUT2D eigenvalue weighted by molar-refractivity contribution is -0.156. The molecule has 0 saturated heterocycles. The second-order valence-electron chi connectivity index (χ2n) is 10.3. The summed E-state index contributed by atoms with van der Waals surface area (Å²) in [6.07, 6.45) is 1.16. The van der Waals surface area contributed by atoms with Crippen molar-refractivity contribution in [2.45, 2.75) is 45.8 Å². The molecule has 0 heterocycles. The molecule has 2 rings (SSSR count). The second kappa shape index (κ2) is 14.6. The Labute approximate surface area is 230 Å². The molecular weight excluding hydrogens is 503 g/mol. The van der Waals surface area contributed by atoms with E-state index in [1.54, 1.807) is 70.0 Å². The zero-order valence-electron chi connectivity index (χ0n) is 23.8. The van der Waals surface area contributed by atoms with Gasteiger partial charge in [-0.1, -0.05) is 24.3 Å². The van der Waals surface area contributed by atoms with Crippen molar-refractivity contribution < 1.29 is 33.4 Å². The maximum atomic E-state index is 14.3. The third kappa shape index (κ3) is 10.3. The van der Waals surface area contributed by atoms with Crippen LogP contribution in [-0.4, -0.2) is 86.3 Å². The molecule has 9 heteroatoms. The predicted molar refractivity (Wildman–Crippen MR) is 149 cm³/mol. The first kappa shape index (κ1) is 31.7. The van der Waals surface area contributed by atoms with Crippen molar-refractivity contribution in [2.75, 3.05) is 41.3 Å². The van der Waals surface area contributed by atoms with Gasteiger partial charge in [-0.15, -0.1) is 0 Å². The van der Waals surface area contributed by atoms with Gasteiger partial charge in [-0.3, -0.25) is 24.2 Å². The first-order chi connectivity index (χ1) is 18.3. The van der Waals surface area contributed by atoms with Crippen molar-refractivity contribution in [3.63, 3.8) is 0 Å². The van der Waals surface area contributed by atoms with Gasteiger partial charge in [-0.05, 0) is 101 Å². The number of rotatable bonds is 13. The molecule has 0 bridgehead atoms. The molecule has 0 unspecified atom stereocenters. The van der Waals surface area contributed by atoms with Crippen LogP contribution in [0, 0.1) is 26.6 Å².